The molecule has 0 saturated carbocycles. The van der Waals surface area contributed by atoms with Crippen molar-refractivity contribution in [1.82, 2.24) is 5.32 Å². The summed E-state index contributed by atoms with van der Waals surface area (Å²) >= 11 is 0. The van der Waals surface area contributed by atoms with E-state index >= 15 is 0 Å². The molecule has 22 heavy (non-hydrogen) atoms. The summed E-state index contributed by atoms with van der Waals surface area (Å²) in [6.45, 7) is 5.43. The number of carbonyl (C=O) groups is 1. The summed E-state index contributed by atoms with van der Waals surface area (Å²) < 4.78 is 5.31. The molecule has 1 atom stereocenters. The highest BCUT2D eigenvalue weighted by atomic mass is 16.6. The number of allylic oxidation sites excluding steroid dienone is 2. The molecule has 1 aliphatic rings. The van der Waals surface area contributed by atoms with Gasteiger partial charge < -0.3 is 16.2 Å². The lowest BCUT2D eigenvalue weighted by molar-refractivity contribution is 0.0484. The minimum absolute atomic E-state index is 0.479. The molecule has 1 aromatic rings. The summed E-state index contributed by atoms with van der Waals surface area (Å²) in [6.07, 6.45) is 5.65. The highest BCUT2D eigenvalue weighted by molar-refractivity contribution is 5.81. The lowest BCUT2D eigenvalue weighted by Gasteiger charge is -2.35. The number of nitrogens with two attached hydrogens (primary N) is 2. The molecule has 5 heteroatoms. The first kappa shape index (κ1) is 16.1. The molecule has 5 nitrogen and oxygen atoms in total. The smallest absolute Gasteiger partial charge is 0.409 e. The first-order valence-electron chi connectivity index (χ1n) is 7.23. The molecule has 0 aliphatic heterocycles. The number of carbonyl (C=O) groups excluding carboxylic acids is 1. The van der Waals surface area contributed by atoms with Crippen molar-refractivity contribution in [3.63, 3.8) is 0 Å². The fourth-order valence-electron chi connectivity index (χ4n) is 2.34. The predicted octanol–water partition coefficient (Wildman–Crippen LogP) is 2.79. The zero-order chi connectivity index (χ0) is 16.4. The average Bonchev–Trinajstić information content (AvgIpc) is 2.36. The maximum absolute atomic E-state index is 12.1. The van der Waals surface area contributed by atoms with Crippen molar-refractivity contribution in [3.05, 3.63) is 48.1 Å². The standard InChI is InChI=1S/C17H23N3O2/c1-16(2,3)22-15(21)20-17(19)10-5-4-9-14(17)12-7-6-8-13(18)11-12/h4-9,11H,10,18-19H2,1-3H3,(H,20,21). The SMILES string of the molecule is CC(C)(C)OC(=O)NC1(N)CC=CC=C1c1cccc(N)c1. The Hall–Kier alpha value is -2.27. The van der Waals surface area contributed by atoms with Crippen LogP contribution in [-0.2, 0) is 4.74 Å². The third-order valence-corrected chi connectivity index (χ3v) is 3.24. The Morgan fingerprint density at radius 1 is 1.36 bits per heavy atom. The Balaban J connectivity index is 2.26. The van der Waals surface area contributed by atoms with Crippen LogP contribution in [-0.4, -0.2) is 17.4 Å². The maximum Gasteiger partial charge on any atom is 0.409 e. The van der Waals surface area contributed by atoms with Crippen LogP contribution in [0.4, 0.5) is 10.5 Å². The highest BCUT2D eigenvalue weighted by Gasteiger charge is 2.34. The Bertz CT molecular complexity index is 629. The third-order valence-electron chi connectivity index (χ3n) is 3.24. The van der Waals surface area contributed by atoms with Crippen LogP contribution in [0.25, 0.3) is 5.57 Å². The van der Waals surface area contributed by atoms with Gasteiger partial charge in [-0.15, -0.1) is 0 Å². The number of benzene rings is 1. The fraction of sp³-hybridized carbons (Fsp3) is 0.353. The summed E-state index contributed by atoms with van der Waals surface area (Å²) in [5.41, 5.74) is 13.0. The summed E-state index contributed by atoms with van der Waals surface area (Å²) in [5.74, 6) is 0. The molecule has 1 aliphatic carbocycles. The van der Waals surface area contributed by atoms with Crippen molar-refractivity contribution in [2.75, 3.05) is 5.73 Å². The van der Waals surface area contributed by atoms with Crippen molar-refractivity contribution in [2.24, 2.45) is 5.73 Å². The first-order chi connectivity index (χ1) is 10.2. The zero-order valence-corrected chi connectivity index (χ0v) is 13.2. The van der Waals surface area contributed by atoms with Gasteiger partial charge in [-0.3, -0.25) is 5.32 Å². The number of ether oxygens (including phenoxy) is 1. The van der Waals surface area contributed by atoms with E-state index in [0.717, 1.165) is 11.1 Å². The molecule has 0 bridgehead atoms. The van der Waals surface area contributed by atoms with Gasteiger partial charge in [0.1, 0.15) is 11.3 Å². The van der Waals surface area contributed by atoms with E-state index in [4.69, 9.17) is 16.2 Å². The van der Waals surface area contributed by atoms with E-state index in [-0.39, 0.29) is 0 Å². The van der Waals surface area contributed by atoms with Crippen LogP contribution in [0.1, 0.15) is 32.8 Å². The van der Waals surface area contributed by atoms with Gasteiger partial charge in [0.05, 0.1) is 0 Å². The monoisotopic (exact) mass is 301 g/mol. The molecule has 1 aromatic carbocycles. The van der Waals surface area contributed by atoms with Gasteiger partial charge in [-0.1, -0.05) is 30.4 Å². The van der Waals surface area contributed by atoms with Crippen molar-refractivity contribution < 1.29 is 9.53 Å². The molecule has 0 radical (unpaired) electrons. The summed E-state index contributed by atoms with van der Waals surface area (Å²) in [5, 5.41) is 2.78. The average molecular weight is 301 g/mol. The topological polar surface area (TPSA) is 90.4 Å². The van der Waals surface area contributed by atoms with E-state index in [9.17, 15) is 4.79 Å². The van der Waals surface area contributed by atoms with E-state index < -0.39 is 17.4 Å². The van der Waals surface area contributed by atoms with Gasteiger partial charge in [0.2, 0.25) is 0 Å². The third kappa shape index (κ3) is 3.89. The van der Waals surface area contributed by atoms with Crippen molar-refractivity contribution in [1.29, 1.82) is 0 Å². The second-order valence-corrected chi connectivity index (χ2v) is 6.44. The Labute approximate surface area is 131 Å². The van der Waals surface area contributed by atoms with Crippen molar-refractivity contribution >= 4 is 17.4 Å². The summed E-state index contributed by atoms with van der Waals surface area (Å²) in [6, 6.07) is 7.42. The maximum atomic E-state index is 12.1. The Kier molecular flexibility index (Phi) is 4.28. The molecule has 2 rings (SSSR count). The van der Waals surface area contributed by atoms with Crippen molar-refractivity contribution in [2.45, 2.75) is 38.5 Å². The molecule has 118 valence electrons. The molecular formula is C17H23N3O2. The number of hydrogen-bond acceptors (Lipinski definition) is 4. The second kappa shape index (κ2) is 5.85. The molecule has 0 spiro atoms. The highest BCUT2D eigenvalue weighted by Crippen LogP contribution is 2.31. The number of anilines is 1. The van der Waals surface area contributed by atoms with Gasteiger partial charge in [0, 0.05) is 12.1 Å². The van der Waals surface area contributed by atoms with Gasteiger partial charge in [-0.2, -0.15) is 0 Å². The number of nitrogens with one attached hydrogen (secondary N) is 1. The minimum Gasteiger partial charge on any atom is -0.444 e. The molecule has 0 heterocycles. The van der Waals surface area contributed by atoms with Crippen LogP contribution >= 0.6 is 0 Å². The minimum atomic E-state index is -1.02. The quantitative estimate of drug-likeness (QED) is 0.578. The van der Waals surface area contributed by atoms with Gasteiger partial charge in [0.25, 0.3) is 0 Å². The second-order valence-electron chi connectivity index (χ2n) is 6.44. The van der Waals surface area contributed by atoms with Crippen molar-refractivity contribution in [3.8, 4) is 0 Å². The van der Waals surface area contributed by atoms with Crippen LogP contribution in [0.3, 0.4) is 0 Å². The lowest BCUT2D eigenvalue weighted by Crippen LogP contribution is -2.57. The van der Waals surface area contributed by atoms with Crippen LogP contribution < -0.4 is 16.8 Å². The van der Waals surface area contributed by atoms with Gasteiger partial charge in [-0.05, 0) is 44.0 Å². The van der Waals surface area contributed by atoms with Crippen LogP contribution in [0.15, 0.2) is 42.5 Å². The van der Waals surface area contributed by atoms with Gasteiger partial charge >= 0.3 is 6.09 Å². The largest absolute Gasteiger partial charge is 0.444 e. The van der Waals surface area contributed by atoms with E-state index in [1.165, 1.54) is 0 Å². The Morgan fingerprint density at radius 3 is 2.73 bits per heavy atom. The normalized spacial score (nSPS) is 21.2. The molecule has 0 fully saturated rings. The predicted molar refractivity (Wildman–Crippen MR) is 88.9 cm³/mol. The molecule has 1 unspecified atom stereocenters. The number of alkyl carbamates (subject to hydrolysis) is 1. The van der Waals surface area contributed by atoms with E-state index in [2.05, 4.69) is 5.32 Å². The molecule has 0 aromatic heterocycles. The lowest BCUT2D eigenvalue weighted by atomic mass is 9.87. The fourth-order valence-corrected chi connectivity index (χ4v) is 2.34. The Morgan fingerprint density at radius 2 is 2.09 bits per heavy atom. The summed E-state index contributed by atoms with van der Waals surface area (Å²) in [4.78, 5) is 12.1. The van der Waals surface area contributed by atoms with Gasteiger partial charge in [0.15, 0.2) is 0 Å². The number of nitrogen functional groups attached to an aromatic ring is 1. The van der Waals surface area contributed by atoms with Crippen LogP contribution in [0.5, 0.6) is 0 Å². The van der Waals surface area contributed by atoms with E-state index in [1.807, 2.05) is 63.3 Å². The zero-order valence-electron chi connectivity index (χ0n) is 13.2. The summed E-state index contributed by atoms with van der Waals surface area (Å²) in [7, 11) is 0. The number of hydrogen-bond donors (Lipinski definition) is 3. The van der Waals surface area contributed by atoms with E-state index in [1.54, 1.807) is 0 Å². The van der Waals surface area contributed by atoms with Crippen LogP contribution in [0, 0.1) is 0 Å². The van der Waals surface area contributed by atoms with Gasteiger partial charge in [-0.25, -0.2) is 4.79 Å². The molecule has 1 amide bonds. The number of rotatable bonds is 2. The first-order valence-corrected chi connectivity index (χ1v) is 7.23. The van der Waals surface area contributed by atoms with Crippen LogP contribution in [0.2, 0.25) is 0 Å². The molecular weight excluding hydrogens is 278 g/mol. The molecule has 5 N–H and O–H groups in total. The number of amides is 1. The van der Waals surface area contributed by atoms with E-state index in [0.29, 0.717) is 12.1 Å². The molecule has 0 saturated heterocycles.